The summed E-state index contributed by atoms with van der Waals surface area (Å²) >= 11 is 1.72. The molecular formula is C12H12N2S. The summed E-state index contributed by atoms with van der Waals surface area (Å²) in [5.74, 6) is 0. The molecule has 2 heterocycles. The lowest BCUT2D eigenvalue weighted by atomic mass is 10.1. The summed E-state index contributed by atoms with van der Waals surface area (Å²) in [5, 5.41) is 2.07. The van der Waals surface area contributed by atoms with Crippen molar-refractivity contribution >= 4 is 23.2 Å². The summed E-state index contributed by atoms with van der Waals surface area (Å²) in [7, 11) is 0. The molecule has 0 bridgehead atoms. The van der Waals surface area contributed by atoms with Crippen molar-refractivity contribution in [2.45, 2.75) is 13.8 Å². The van der Waals surface area contributed by atoms with E-state index in [-0.39, 0.29) is 0 Å². The van der Waals surface area contributed by atoms with Gasteiger partial charge in [0.1, 0.15) is 0 Å². The van der Waals surface area contributed by atoms with E-state index in [1.807, 2.05) is 26.1 Å². The summed E-state index contributed by atoms with van der Waals surface area (Å²) in [6.07, 6.45) is 3.64. The van der Waals surface area contributed by atoms with Crippen LogP contribution in [-0.4, -0.2) is 11.2 Å². The number of pyridine rings is 1. The molecule has 0 amide bonds. The van der Waals surface area contributed by atoms with Gasteiger partial charge in [-0.15, -0.1) is 11.3 Å². The van der Waals surface area contributed by atoms with E-state index >= 15 is 0 Å². The molecule has 0 fully saturated rings. The van der Waals surface area contributed by atoms with Crippen molar-refractivity contribution < 1.29 is 0 Å². The van der Waals surface area contributed by atoms with Crippen molar-refractivity contribution in [3.63, 3.8) is 0 Å². The third kappa shape index (κ3) is 1.97. The highest BCUT2D eigenvalue weighted by atomic mass is 32.1. The van der Waals surface area contributed by atoms with Gasteiger partial charge in [0.05, 0.1) is 11.4 Å². The zero-order chi connectivity index (χ0) is 10.7. The van der Waals surface area contributed by atoms with Gasteiger partial charge in [-0.1, -0.05) is 6.07 Å². The van der Waals surface area contributed by atoms with Crippen LogP contribution in [0.25, 0.3) is 10.4 Å². The second kappa shape index (κ2) is 4.36. The molecule has 0 aliphatic carbocycles. The highest BCUT2D eigenvalue weighted by molar-refractivity contribution is 7.13. The SMILES string of the molecule is C/C=N\c1c(-c2cccs2)ccnc1C. The smallest absolute Gasteiger partial charge is 0.0924 e. The van der Waals surface area contributed by atoms with E-state index < -0.39 is 0 Å². The van der Waals surface area contributed by atoms with Gasteiger partial charge in [0.2, 0.25) is 0 Å². The minimum atomic E-state index is 0.971. The molecule has 0 spiro atoms. The van der Waals surface area contributed by atoms with Gasteiger partial charge in [0, 0.05) is 22.9 Å². The molecule has 0 saturated heterocycles. The van der Waals surface area contributed by atoms with Crippen molar-refractivity contribution in [3.05, 3.63) is 35.5 Å². The Hall–Kier alpha value is -1.48. The van der Waals surface area contributed by atoms with Gasteiger partial charge < -0.3 is 0 Å². The standard InChI is InChI=1S/C12H12N2S/c1-3-13-12-9(2)14-7-6-10(12)11-5-4-8-15-11/h3-8H,1-2H3/b13-3-. The van der Waals surface area contributed by atoms with Gasteiger partial charge in [0.25, 0.3) is 0 Å². The van der Waals surface area contributed by atoms with Crippen molar-refractivity contribution in [2.75, 3.05) is 0 Å². The molecule has 2 aromatic heterocycles. The van der Waals surface area contributed by atoms with Gasteiger partial charge in [-0.3, -0.25) is 9.98 Å². The highest BCUT2D eigenvalue weighted by Gasteiger charge is 2.07. The average Bonchev–Trinajstić information content (AvgIpc) is 2.74. The molecule has 0 unspecified atom stereocenters. The first-order chi connectivity index (χ1) is 7.33. The van der Waals surface area contributed by atoms with Crippen molar-refractivity contribution in [1.29, 1.82) is 0 Å². The largest absolute Gasteiger partial charge is 0.259 e. The highest BCUT2D eigenvalue weighted by Crippen LogP contribution is 2.34. The minimum absolute atomic E-state index is 0.971. The van der Waals surface area contributed by atoms with Crippen LogP contribution >= 0.6 is 11.3 Å². The van der Waals surface area contributed by atoms with Crippen LogP contribution < -0.4 is 0 Å². The number of aryl methyl sites for hydroxylation is 1. The summed E-state index contributed by atoms with van der Waals surface area (Å²) in [6, 6.07) is 6.17. The number of thiophene rings is 1. The zero-order valence-corrected chi connectivity index (χ0v) is 9.58. The van der Waals surface area contributed by atoms with Crippen LogP contribution in [0.2, 0.25) is 0 Å². The quantitative estimate of drug-likeness (QED) is 0.700. The van der Waals surface area contributed by atoms with E-state index in [1.165, 1.54) is 4.88 Å². The fourth-order valence-corrected chi connectivity index (χ4v) is 2.23. The molecular weight excluding hydrogens is 204 g/mol. The Morgan fingerprint density at radius 1 is 1.40 bits per heavy atom. The predicted octanol–water partition coefficient (Wildman–Crippen LogP) is 3.84. The van der Waals surface area contributed by atoms with Crippen LogP contribution in [0.15, 0.2) is 34.8 Å². The fourth-order valence-electron chi connectivity index (χ4n) is 1.48. The van der Waals surface area contributed by atoms with Crippen LogP contribution in [0, 0.1) is 6.92 Å². The minimum Gasteiger partial charge on any atom is -0.259 e. The lowest BCUT2D eigenvalue weighted by Gasteiger charge is -2.05. The molecule has 2 rings (SSSR count). The fraction of sp³-hybridized carbons (Fsp3) is 0.167. The lowest BCUT2D eigenvalue weighted by molar-refractivity contribution is 1.19. The van der Waals surface area contributed by atoms with Crippen LogP contribution in [0.3, 0.4) is 0 Å². The van der Waals surface area contributed by atoms with Crippen molar-refractivity contribution in [2.24, 2.45) is 4.99 Å². The summed E-state index contributed by atoms with van der Waals surface area (Å²) in [5.41, 5.74) is 3.11. The summed E-state index contributed by atoms with van der Waals surface area (Å²) in [4.78, 5) is 9.88. The van der Waals surface area contributed by atoms with Crippen LogP contribution in [0.1, 0.15) is 12.6 Å². The van der Waals surface area contributed by atoms with Gasteiger partial charge in [-0.05, 0) is 31.4 Å². The molecule has 76 valence electrons. The topological polar surface area (TPSA) is 25.2 Å². The predicted molar refractivity (Wildman–Crippen MR) is 66.1 cm³/mol. The first-order valence-electron chi connectivity index (χ1n) is 4.81. The van der Waals surface area contributed by atoms with E-state index in [4.69, 9.17) is 0 Å². The number of aromatic nitrogens is 1. The lowest BCUT2D eigenvalue weighted by Crippen LogP contribution is -1.84. The maximum Gasteiger partial charge on any atom is 0.0924 e. The molecule has 0 aromatic carbocycles. The van der Waals surface area contributed by atoms with Gasteiger partial charge >= 0.3 is 0 Å². The number of hydrogen-bond acceptors (Lipinski definition) is 3. The first kappa shape index (κ1) is 10.1. The second-order valence-corrected chi connectivity index (χ2v) is 4.10. The molecule has 0 atom stereocenters. The van der Waals surface area contributed by atoms with Crippen molar-refractivity contribution in [1.82, 2.24) is 4.98 Å². The Balaban J connectivity index is 2.61. The maximum atomic E-state index is 4.38. The van der Waals surface area contributed by atoms with Crippen LogP contribution in [0.4, 0.5) is 5.69 Å². The molecule has 15 heavy (non-hydrogen) atoms. The van der Waals surface area contributed by atoms with E-state index in [1.54, 1.807) is 17.6 Å². The maximum absolute atomic E-state index is 4.38. The third-order valence-electron chi connectivity index (χ3n) is 2.15. The summed E-state index contributed by atoms with van der Waals surface area (Å²) in [6.45, 7) is 3.91. The third-order valence-corrected chi connectivity index (χ3v) is 3.06. The van der Waals surface area contributed by atoms with Gasteiger partial charge in [0.15, 0.2) is 0 Å². The van der Waals surface area contributed by atoms with Gasteiger partial charge in [-0.2, -0.15) is 0 Å². The van der Waals surface area contributed by atoms with E-state index in [2.05, 4.69) is 27.5 Å². The number of aliphatic imine (C=N–C) groups is 1. The molecule has 0 aliphatic rings. The Morgan fingerprint density at radius 2 is 2.27 bits per heavy atom. The molecule has 0 aliphatic heterocycles. The van der Waals surface area contributed by atoms with Crippen LogP contribution in [-0.2, 0) is 0 Å². The number of rotatable bonds is 2. The van der Waals surface area contributed by atoms with Crippen LogP contribution in [0.5, 0.6) is 0 Å². The van der Waals surface area contributed by atoms with E-state index in [0.29, 0.717) is 0 Å². The Labute approximate surface area is 93.3 Å². The monoisotopic (exact) mass is 216 g/mol. The second-order valence-electron chi connectivity index (χ2n) is 3.16. The number of hydrogen-bond donors (Lipinski definition) is 0. The Morgan fingerprint density at radius 3 is 2.93 bits per heavy atom. The Bertz CT molecular complexity index is 472. The molecule has 3 heteroatoms. The molecule has 0 saturated carbocycles. The molecule has 0 radical (unpaired) electrons. The number of nitrogens with zero attached hydrogens (tertiary/aromatic N) is 2. The first-order valence-corrected chi connectivity index (χ1v) is 5.69. The van der Waals surface area contributed by atoms with E-state index in [0.717, 1.165) is 16.9 Å². The molecule has 2 aromatic rings. The van der Waals surface area contributed by atoms with Crippen molar-refractivity contribution in [3.8, 4) is 10.4 Å². The average molecular weight is 216 g/mol. The van der Waals surface area contributed by atoms with Gasteiger partial charge in [-0.25, -0.2) is 0 Å². The molecule has 2 nitrogen and oxygen atoms in total. The Kier molecular flexibility index (Phi) is 2.92. The normalized spacial score (nSPS) is 11.1. The zero-order valence-electron chi connectivity index (χ0n) is 8.77. The summed E-state index contributed by atoms with van der Waals surface area (Å²) < 4.78 is 0. The van der Waals surface area contributed by atoms with E-state index in [9.17, 15) is 0 Å². The molecule has 0 N–H and O–H groups in total.